The average Bonchev–Trinajstić information content (AvgIpc) is 2.87. The number of nitrogens with zero attached hydrogens (tertiary/aromatic N) is 1. The van der Waals surface area contributed by atoms with E-state index in [1.807, 2.05) is 0 Å². The van der Waals surface area contributed by atoms with Crippen molar-refractivity contribution in [1.29, 1.82) is 0 Å². The van der Waals surface area contributed by atoms with Gasteiger partial charge < -0.3 is 15.3 Å². The van der Waals surface area contributed by atoms with E-state index in [2.05, 4.69) is 17.3 Å². The van der Waals surface area contributed by atoms with Gasteiger partial charge in [-0.15, -0.1) is 0 Å². The number of hydrogen-bond donors (Lipinski definition) is 2. The van der Waals surface area contributed by atoms with Gasteiger partial charge in [-0.25, -0.2) is 9.18 Å². The van der Waals surface area contributed by atoms with Crippen molar-refractivity contribution in [1.82, 2.24) is 4.90 Å². The van der Waals surface area contributed by atoms with Crippen molar-refractivity contribution < 1.29 is 23.9 Å². The van der Waals surface area contributed by atoms with Gasteiger partial charge in [-0.1, -0.05) is 25.3 Å². The lowest BCUT2D eigenvalue weighted by Gasteiger charge is -2.31. The summed E-state index contributed by atoms with van der Waals surface area (Å²) in [5.74, 6) is -2.09. The first-order chi connectivity index (χ1) is 17.3. The minimum atomic E-state index is -1.01. The third-order valence-electron chi connectivity index (χ3n) is 7.49. The fourth-order valence-electron chi connectivity index (χ4n) is 5.37. The summed E-state index contributed by atoms with van der Waals surface area (Å²) in [6, 6.07) is 8.02. The maximum Gasteiger partial charge on any atom is 0.335 e. The van der Waals surface area contributed by atoms with Crippen LogP contribution in [0.5, 0.6) is 0 Å². The van der Waals surface area contributed by atoms with E-state index in [1.54, 1.807) is 19.2 Å². The van der Waals surface area contributed by atoms with E-state index in [1.165, 1.54) is 56.4 Å². The Hall–Kier alpha value is -3.32. The lowest BCUT2D eigenvalue weighted by atomic mass is 9.86. The number of halogens is 1. The van der Waals surface area contributed by atoms with E-state index in [9.17, 15) is 23.9 Å². The predicted octanol–water partition coefficient (Wildman–Crippen LogP) is 4.69. The van der Waals surface area contributed by atoms with Crippen LogP contribution in [0.4, 0.5) is 10.1 Å². The molecule has 0 aromatic heterocycles. The van der Waals surface area contributed by atoms with Crippen molar-refractivity contribution in [3.8, 4) is 0 Å². The molecular weight excluding hydrogens is 459 g/mol. The molecule has 0 spiro atoms. The largest absolute Gasteiger partial charge is 0.478 e. The first-order valence-electron chi connectivity index (χ1n) is 12.6. The van der Waals surface area contributed by atoms with E-state index in [0.717, 1.165) is 17.7 Å². The molecule has 2 N–H and O–H groups in total. The van der Waals surface area contributed by atoms with Crippen LogP contribution in [-0.4, -0.2) is 54.2 Å². The van der Waals surface area contributed by atoms with Crippen molar-refractivity contribution in [2.24, 2.45) is 0 Å². The van der Waals surface area contributed by atoms with Gasteiger partial charge in [0.2, 0.25) is 0 Å². The van der Waals surface area contributed by atoms with Crippen LogP contribution in [0.15, 0.2) is 35.9 Å². The average molecular weight is 493 g/mol. The second kappa shape index (κ2) is 11.2. The molecule has 0 heterocycles. The number of anilines is 1. The van der Waals surface area contributed by atoms with Gasteiger partial charge in [-0.05, 0) is 78.9 Å². The SMILES string of the molecule is CNc1cc(F)cc2c1CC(=O)C(C(=O)Cc1ccc(C(=O)O)cc1CCN(C)C1CCCCC1)=C2. The van der Waals surface area contributed by atoms with Gasteiger partial charge >= 0.3 is 5.97 Å². The summed E-state index contributed by atoms with van der Waals surface area (Å²) in [6.45, 7) is 0.760. The molecular formula is C29H33FN2O4. The minimum Gasteiger partial charge on any atom is -0.478 e. The summed E-state index contributed by atoms with van der Waals surface area (Å²) < 4.78 is 14.1. The fourth-order valence-corrected chi connectivity index (χ4v) is 5.37. The molecule has 0 bridgehead atoms. The third kappa shape index (κ3) is 5.73. The van der Waals surface area contributed by atoms with Crippen LogP contribution < -0.4 is 5.32 Å². The summed E-state index contributed by atoms with van der Waals surface area (Å²) in [6.07, 6.45) is 8.20. The molecule has 0 saturated heterocycles. The second-order valence-corrected chi connectivity index (χ2v) is 9.84. The molecule has 0 aliphatic heterocycles. The number of carbonyl (C=O) groups is 3. The van der Waals surface area contributed by atoms with Crippen LogP contribution in [0.25, 0.3) is 6.08 Å². The Morgan fingerprint density at radius 3 is 2.56 bits per heavy atom. The Kier molecular flexibility index (Phi) is 7.99. The number of carbonyl (C=O) groups excluding carboxylic acids is 2. The summed E-state index contributed by atoms with van der Waals surface area (Å²) in [5, 5.41) is 12.4. The molecule has 2 aliphatic rings. The van der Waals surface area contributed by atoms with E-state index in [0.29, 0.717) is 29.3 Å². The quantitative estimate of drug-likeness (QED) is 0.494. The summed E-state index contributed by atoms with van der Waals surface area (Å²) in [7, 11) is 3.77. The van der Waals surface area contributed by atoms with Crippen molar-refractivity contribution in [2.45, 2.75) is 57.4 Å². The molecule has 1 saturated carbocycles. The highest BCUT2D eigenvalue weighted by Gasteiger charge is 2.27. The first kappa shape index (κ1) is 25.8. The van der Waals surface area contributed by atoms with Crippen LogP contribution in [-0.2, 0) is 28.9 Å². The monoisotopic (exact) mass is 492 g/mol. The smallest absolute Gasteiger partial charge is 0.335 e. The molecule has 6 nitrogen and oxygen atoms in total. The molecule has 0 amide bonds. The van der Waals surface area contributed by atoms with Gasteiger partial charge in [0.25, 0.3) is 0 Å². The summed E-state index contributed by atoms with van der Waals surface area (Å²) in [5.41, 5.74) is 3.50. The number of allylic oxidation sites excluding steroid dienone is 1. The van der Waals surface area contributed by atoms with Gasteiger partial charge in [-0.2, -0.15) is 0 Å². The normalized spacial score (nSPS) is 16.0. The van der Waals surface area contributed by atoms with Crippen LogP contribution >= 0.6 is 0 Å². The summed E-state index contributed by atoms with van der Waals surface area (Å²) in [4.78, 5) is 40.0. The van der Waals surface area contributed by atoms with E-state index in [-0.39, 0.29) is 35.5 Å². The zero-order chi connectivity index (χ0) is 25.8. The Bertz CT molecular complexity index is 1210. The highest BCUT2D eigenvalue weighted by molar-refractivity contribution is 6.25. The van der Waals surface area contributed by atoms with Gasteiger partial charge in [0, 0.05) is 38.2 Å². The Labute approximate surface area is 211 Å². The number of carboxylic acid groups (broad SMARTS) is 1. The number of hydrogen-bond acceptors (Lipinski definition) is 5. The highest BCUT2D eigenvalue weighted by Crippen LogP contribution is 2.30. The molecule has 190 valence electrons. The maximum atomic E-state index is 14.1. The number of nitrogens with one attached hydrogen (secondary N) is 1. The molecule has 7 heteroatoms. The minimum absolute atomic E-state index is 0.0104. The van der Waals surface area contributed by atoms with Crippen LogP contribution in [0, 0.1) is 5.82 Å². The fraction of sp³-hybridized carbons (Fsp3) is 0.414. The van der Waals surface area contributed by atoms with Gasteiger partial charge in [0.1, 0.15) is 5.82 Å². The summed E-state index contributed by atoms with van der Waals surface area (Å²) >= 11 is 0. The van der Waals surface area contributed by atoms with Crippen molar-refractivity contribution in [2.75, 3.05) is 26.0 Å². The van der Waals surface area contributed by atoms with Gasteiger partial charge in [0.15, 0.2) is 11.6 Å². The van der Waals surface area contributed by atoms with Crippen LogP contribution in [0.3, 0.4) is 0 Å². The number of rotatable bonds is 9. The number of aromatic carboxylic acids is 1. The molecule has 2 aliphatic carbocycles. The topological polar surface area (TPSA) is 86.7 Å². The van der Waals surface area contributed by atoms with Crippen molar-refractivity contribution >= 4 is 29.3 Å². The van der Waals surface area contributed by atoms with E-state index >= 15 is 0 Å². The molecule has 1 fully saturated rings. The number of likely N-dealkylation sites (N-methyl/N-ethyl adjacent to an activating group) is 1. The van der Waals surface area contributed by atoms with Crippen LogP contribution in [0.1, 0.15) is 64.7 Å². The molecule has 4 rings (SSSR count). The highest BCUT2D eigenvalue weighted by atomic mass is 19.1. The lowest BCUT2D eigenvalue weighted by molar-refractivity contribution is -0.120. The number of ketones is 2. The second-order valence-electron chi connectivity index (χ2n) is 9.84. The first-order valence-corrected chi connectivity index (χ1v) is 12.6. The number of fused-ring (bicyclic) bond motifs is 1. The third-order valence-corrected chi connectivity index (χ3v) is 7.49. The molecule has 36 heavy (non-hydrogen) atoms. The van der Waals surface area contributed by atoms with Crippen molar-refractivity contribution in [3.05, 3.63) is 69.5 Å². The Morgan fingerprint density at radius 2 is 1.86 bits per heavy atom. The molecule has 2 aromatic carbocycles. The number of carboxylic acids is 1. The lowest BCUT2D eigenvalue weighted by Crippen LogP contribution is -2.35. The van der Waals surface area contributed by atoms with Crippen molar-refractivity contribution in [3.63, 3.8) is 0 Å². The number of benzene rings is 2. The Balaban J connectivity index is 1.56. The number of Topliss-reactive ketones (excluding diaryl/α,β-unsaturated/α-hetero) is 2. The van der Waals surface area contributed by atoms with Crippen LogP contribution in [0.2, 0.25) is 0 Å². The standard InChI is InChI=1S/C29H33FN2O4/c1-31-26-16-22(30)13-21-14-25(28(34)17-24(21)26)27(33)15-18-8-9-20(29(35)36)12-19(18)10-11-32(2)23-6-4-3-5-7-23/h8-9,12-14,16,23,31H,3-7,10-11,15,17H2,1-2H3,(H,35,36). The van der Waals surface area contributed by atoms with Gasteiger partial charge in [-0.3, -0.25) is 9.59 Å². The molecule has 2 aromatic rings. The predicted molar refractivity (Wildman–Crippen MR) is 138 cm³/mol. The molecule has 0 unspecified atom stereocenters. The van der Waals surface area contributed by atoms with E-state index in [4.69, 9.17) is 0 Å². The zero-order valence-electron chi connectivity index (χ0n) is 20.9. The maximum absolute atomic E-state index is 14.1. The molecule has 0 radical (unpaired) electrons. The van der Waals surface area contributed by atoms with Gasteiger partial charge in [0.05, 0.1) is 11.1 Å². The Morgan fingerprint density at radius 1 is 1.11 bits per heavy atom. The zero-order valence-corrected chi connectivity index (χ0v) is 20.9. The van der Waals surface area contributed by atoms with E-state index < -0.39 is 11.8 Å². The molecule has 0 atom stereocenters.